The Hall–Kier alpha value is -0.900. The summed E-state index contributed by atoms with van der Waals surface area (Å²) in [5, 5.41) is 1.69. The molecule has 1 aromatic carbocycles. The number of amides is 1. The van der Waals surface area contributed by atoms with Crippen LogP contribution in [0.4, 0.5) is 4.39 Å². The largest absolute Gasteiger partial charge is 0.351 e. The molecule has 11 heteroatoms. The molecule has 0 heterocycles. The van der Waals surface area contributed by atoms with E-state index in [1.54, 1.807) is 0 Å². The van der Waals surface area contributed by atoms with Crippen LogP contribution in [-0.4, -0.2) is 41.3 Å². The fraction of sp³-hybridized carbons (Fsp3) is 0.300. The van der Waals surface area contributed by atoms with Crippen LogP contribution in [0.2, 0.25) is 5.02 Å². The van der Waals surface area contributed by atoms with Gasteiger partial charge in [0.1, 0.15) is 20.5 Å². The number of nitrogens with one attached hydrogen (secondary N) is 1. The predicted octanol–water partition coefficient (Wildman–Crippen LogP) is 1.18. The minimum atomic E-state index is -4.25. The maximum absolute atomic E-state index is 13.6. The van der Waals surface area contributed by atoms with Gasteiger partial charge in [-0.25, -0.2) is 21.2 Å². The molecule has 21 heavy (non-hydrogen) atoms. The van der Waals surface area contributed by atoms with Crippen LogP contribution >= 0.6 is 22.3 Å². The molecule has 0 atom stereocenters. The summed E-state index contributed by atoms with van der Waals surface area (Å²) in [4.78, 5) is 11.1. The number of hydrogen-bond acceptors (Lipinski definition) is 5. The summed E-state index contributed by atoms with van der Waals surface area (Å²) >= 11 is 5.54. The van der Waals surface area contributed by atoms with Crippen molar-refractivity contribution in [1.29, 1.82) is 0 Å². The van der Waals surface area contributed by atoms with E-state index in [-0.39, 0.29) is 12.3 Å². The van der Waals surface area contributed by atoms with E-state index in [4.69, 9.17) is 22.3 Å². The molecule has 0 saturated heterocycles. The number of rotatable bonds is 5. The first-order chi connectivity index (χ1) is 9.42. The third-order valence-corrected chi connectivity index (χ3v) is 5.02. The van der Waals surface area contributed by atoms with Gasteiger partial charge in [0.25, 0.3) is 15.0 Å². The van der Waals surface area contributed by atoms with E-state index < -0.39 is 46.1 Å². The number of sulfone groups is 1. The molecule has 1 aromatic rings. The number of carbonyl (C=O) groups excluding carboxylic acids is 1. The predicted molar refractivity (Wildman–Crippen MR) is 76.5 cm³/mol. The molecule has 0 saturated carbocycles. The van der Waals surface area contributed by atoms with E-state index >= 15 is 0 Å². The summed E-state index contributed by atoms with van der Waals surface area (Å²) in [6.07, 6.45) is 0.972. The van der Waals surface area contributed by atoms with Gasteiger partial charge in [0.05, 0.1) is 16.3 Å². The summed E-state index contributed by atoms with van der Waals surface area (Å²) in [5.74, 6) is -2.37. The molecule has 0 aliphatic heterocycles. The van der Waals surface area contributed by atoms with Crippen molar-refractivity contribution < 1.29 is 26.0 Å². The van der Waals surface area contributed by atoms with Crippen molar-refractivity contribution in [2.45, 2.75) is 4.90 Å². The molecule has 1 N–H and O–H groups in total. The number of halogens is 3. The van der Waals surface area contributed by atoms with E-state index in [0.29, 0.717) is 12.1 Å². The van der Waals surface area contributed by atoms with E-state index in [9.17, 15) is 26.0 Å². The Morgan fingerprint density at radius 2 is 1.86 bits per heavy atom. The smallest absolute Gasteiger partial charge is 0.262 e. The fourth-order valence-electron chi connectivity index (χ4n) is 1.34. The molecule has 118 valence electrons. The molecule has 1 rings (SSSR count). The second-order valence-corrected chi connectivity index (χ2v) is 9.29. The van der Waals surface area contributed by atoms with E-state index in [1.807, 2.05) is 0 Å². The van der Waals surface area contributed by atoms with Gasteiger partial charge in [-0.2, -0.15) is 0 Å². The van der Waals surface area contributed by atoms with Crippen LogP contribution in [0.5, 0.6) is 0 Å². The molecular weight excluding hydrogens is 368 g/mol. The van der Waals surface area contributed by atoms with E-state index in [1.165, 1.54) is 0 Å². The van der Waals surface area contributed by atoms with Crippen molar-refractivity contribution in [2.75, 3.05) is 18.6 Å². The summed E-state index contributed by atoms with van der Waals surface area (Å²) in [6, 6.07) is 1.33. The van der Waals surface area contributed by atoms with Gasteiger partial charge < -0.3 is 5.32 Å². The van der Waals surface area contributed by atoms with Crippen molar-refractivity contribution >= 4 is 47.1 Å². The molecular formula is C10H10Cl2FNO5S2. The Balaban J connectivity index is 3.05. The topological polar surface area (TPSA) is 97.4 Å². The molecule has 0 spiro atoms. The van der Waals surface area contributed by atoms with Gasteiger partial charge in [-0.1, -0.05) is 11.6 Å². The third-order valence-electron chi connectivity index (χ3n) is 2.29. The molecule has 0 bridgehead atoms. The van der Waals surface area contributed by atoms with Gasteiger partial charge in [-0.3, -0.25) is 4.79 Å². The average Bonchev–Trinajstić information content (AvgIpc) is 2.24. The number of benzene rings is 1. The van der Waals surface area contributed by atoms with Crippen LogP contribution in [0.15, 0.2) is 17.0 Å². The summed E-state index contributed by atoms with van der Waals surface area (Å²) in [7, 11) is -2.44. The quantitative estimate of drug-likeness (QED) is 0.776. The van der Waals surface area contributed by atoms with Crippen LogP contribution in [0, 0.1) is 5.82 Å². The normalized spacial score (nSPS) is 12.2. The van der Waals surface area contributed by atoms with Crippen LogP contribution in [0.3, 0.4) is 0 Å². The summed E-state index contributed by atoms with van der Waals surface area (Å²) in [5.41, 5.74) is -0.605. The van der Waals surface area contributed by atoms with Crippen LogP contribution in [0.25, 0.3) is 0 Å². The first-order valence-corrected chi connectivity index (χ1v) is 10.1. The zero-order chi connectivity index (χ0) is 16.4. The molecule has 6 nitrogen and oxygen atoms in total. The molecule has 0 fully saturated rings. The lowest BCUT2D eigenvalue weighted by Gasteiger charge is -2.08. The summed E-state index contributed by atoms with van der Waals surface area (Å²) in [6.45, 7) is -0.247. The van der Waals surface area contributed by atoms with Crippen LogP contribution < -0.4 is 5.32 Å². The lowest BCUT2D eigenvalue weighted by atomic mass is 10.2. The van der Waals surface area contributed by atoms with Crippen LogP contribution in [0.1, 0.15) is 10.4 Å². The lowest BCUT2D eigenvalue weighted by Crippen LogP contribution is -2.29. The SMILES string of the molecule is CS(=O)(=O)CCNC(=O)c1cc(S(=O)(=O)Cl)c(Cl)cc1F. The van der Waals surface area contributed by atoms with Crippen molar-refractivity contribution in [3.63, 3.8) is 0 Å². The minimum Gasteiger partial charge on any atom is -0.351 e. The highest BCUT2D eigenvalue weighted by molar-refractivity contribution is 8.13. The lowest BCUT2D eigenvalue weighted by molar-refractivity contribution is 0.0952. The van der Waals surface area contributed by atoms with E-state index in [2.05, 4.69) is 5.32 Å². The highest BCUT2D eigenvalue weighted by atomic mass is 35.7. The first kappa shape index (κ1) is 18.1. The first-order valence-electron chi connectivity index (χ1n) is 5.31. The fourth-order valence-corrected chi connectivity index (χ4v) is 3.31. The highest BCUT2D eigenvalue weighted by Gasteiger charge is 2.21. The van der Waals surface area contributed by atoms with Crippen LogP contribution in [-0.2, 0) is 18.9 Å². The molecule has 1 amide bonds. The van der Waals surface area contributed by atoms with Crippen molar-refractivity contribution in [1.82, 2.24) is 5.32 Å². The number of carbonyl (C=O) groups is 1. The maximum atomic E-state index is 13.6. The molecule has 0 radical (unpaired) electrons. The van der Waals surface area contributed by atoms with Gasteiger partial charge in [-0.15, -0.1) is 0 Å². The number of hydrogen-bond donors (Lipinski definition) is 1. The van der Waals surface area contributed by atoms with Gasteiger partial charge in [0.2, 0.25) is 0 Å². The highest BCUT2D eigenvalue weighted by Crippen LogP contribution is 2.27. The Kier molecular flexibility index (Phi) is 5.59. The molecule has 0 aliphatic carbocycles. The van der Waals surface area contributed by atoms with Gasteiger partial charge in [0, 0.05) is 23.5 Å². The molecule has 0 unspecified atom stereocenters. The third kappa shape index (κ3) is 5.42. The standard InChI is InChI=1S/C10H10Cl2FNO5S2/c1-20(16,17)3-2-14-10(15)6-4-9(21(12,18)19)7(11)5-8(6)13/h4-5H,2-3H2,1H3,(H,14,15). The molecule has 0 aliphatic rings. The van der Waals surface area contributed by atoms with Crippen molar-refractivity contribution in [3.05, 3.63) is 28.5 Å². The van der Waals surface area contributed by atoms with Gasteiger partial charge in [-0.05, 0) is 12.1 Å². The minimum absolute atomic E-state index is 0.247. The Morgan fingerprint density at radius 3 is 2.33 bits per heavy atom. The maximum Gasteiger partial charge on any atom is 0.262 e. The average molecular weight is 378 g/mol. The second kappa shape index (κ2) is 6.47. The van der Waals surface area contributed by atoms with Gasteiger partial charge in [0.15, 0.2) is 0 Å². The summed E-state index contributed by atoms with van der Waals surface area (Å²) < 4.78 is 57.9. The van der Waals surface area contributed by atoms with Gasteiger partial charge >= 0.3 is 0 Å². The second-order valence-electron chi connectivity index (χ2n) is 4.09. The Bertz CT molecular complexity index is 777. The Morgan fingerprint density at radius 1 is 1.29 bits per heavy atom. The van der Waals surface area contributed by atoms with Crippen molar-refractivity contribution in [3.8, 4) is 0 Å². The zero-order valence-corrected chi connectivity index (χ0v) is 13.7. The monoisotopic (exact) mass is 377 g/mol. The van der Waals surface area contributed by atoms with E-state index in [0.717, 1.165) is 6.26 Å². The Labute approximate surface area is 130 Å². The molecule has 0 aromatic heterocycles. The van der Waals surface area contributed by atoms with Crippen molar-refractivity contribution in [2.24, 2.45) is 0 Å². The zero-order valence-electron chi connectivity index (χ0n) is 10.6.